The summed E-state index contributed by atoms with van der Waals surface area (Å²) in [6, 6.07) is 12.9. The number of nitro benzene ring substituents is 1. The number of rotatable bonds is 9. The van der Waals surface area contributed by atoms with Crippen LogP contribution in [0.5, 0.6) is 0 Å². The molecule has 32 heavy (non-hydrogen) atoms. The maximum atomic E-state index is 13.9. The van der Waals surface area contributed by atoms with Gasteiger partial charge in [-0.05, 0) is 24.6 Å². The molecule has 0 saturated carbocycles. The van der Waals surface area contributed by atoms with Crippen LogP contribution in [0.15, 0.2) is 53.5 Å². The van der Waals surface area contributed by atoms with Gasteiger partial charge >= 0.3 is 0 Å². The Bertz CT molecular complexity index is 876. The van der Waals surface area contributed by atoms with Crippen LogP contribution >= 0.6 is 24.0 Å². The van der Waals surface area contributed by atoms with Gasteiger partial charge in [-0.15, -0.1) is 24.0 Å². The Kier molecular flexibility index (Phi) is 11.3. The first-order valence-corrected chi connectivity index (χ1v) is 10.4. The molecular formula is C22H29FIN5O3. The Balaban J connectivity index is 0.00000363. The van der Waals surface area contributed by atoms with Crippen molar-refractivity contribution in [2.75, 3.05) is 39.4 Å². The van der Waals surface area contributed by atoms with E-state index in [-0.39, 0.29) is 35.5 Å². The molecule has 2 N–H and O–H groups in total. The number of ether oxygens (including phenoxy) is 1. The third-order valence-corrected chi connectivity index (χ3v) is 5.02. The number of hydrogen-bond donors (Lipinski definition) is 2. The minimum absolute atomic E-state index is 0. The third-order valence-electron chi connectivity index (χ3n) is 5.02. The molecule has 1 aliphatic rings. The number of guanidine groups is 1. The molecule has 8 nitrogen and oxygen atoms in total. The largest absolute Gasteiger partial charge is 0.379 e. The molecule has 0 aromatic heterocycles. The zero-order valence-electron chi connectivity index (χ0n) is 17.8. The molecule has 0 aliphatic carbocycles. The Labute approximate surface area is 204 Å². The van der Waals surface area contributed by atoms with Crippen molar-refractivity contribution >= 4 is 35.6 Å². The molecule has 3 rings (SSSR count). The summed E-state index contributed by atoms with van der Waals surface area (Å²) >= 11 is 0. The average Bonchev–Trinajstić information content (AvgIpc) is 2.80. The highest BCUT2D eigenvalue weighted by Gasteiger charge is 2.10. The van der Waals surface area contributed by atoms with Crippen LogP contribution in [0.1, 0.15) is 17.5 Å². The van der Waals surface area contributed by atoms with Gasteiger partial charge in [-0.3, -0.25) is 15.0 Å². The van der Waals surface area contributed by atoms with E-state index in [9.17, 15) is 14.5 Å². The van der Waals surface area contributed by atoms with Crippen LogP contribution in [0.3, 0.4) is 0 Å². The molecule has 1 saturated heterocycles. The number of morpholine rings is 1. The Hall–Kier alpha value is -2.31. The molecule has 174 valence electrons. The van der Waals surface area contributed by atoms with Gasteiger partial charge in [0.1, 0.15) is 5.82 Å². The summed E-state index contributed by atoms with van der Waals surface area (Å²) in [4.78, 5) is 17.3. The summed E-state index contributed by atoms with van der Waals surface area (Å²) in [5, 5.41) is 17.3. The second-order valence-corrected chi connectivity index (χ2v) is 7.27. The van der Waals surface area contributed by atoms with Crippen molar-refractivity contribution in [3.63, 3.8) is 0 Å². The van der Waals surface area contributed by atoms with Gasteiger partial charge in [-0.1, -0.05) is 30.3 Å². The summed E-state index contributed by atoms with van der Waals surface area (Å²) in [5.41, 5.74) is 1.46. The molecule has 0 amide bonds. The zero-order valence-corrected chi connectivity index (χ0v) is 20.2. The summed E-state index contributed by atoms with van der Waals surface area (Å²) in [7, 11) is 0. The smallest absolute Gasteiger partial charge is 0.269 e. The van der Waals surface area contributed by atoms with Crippen molar-refractivity contribution in [1.82, 2.24) is 15.5 Å². The highest BCUT2D eigenvalue weighted by atomic mass is 127. The third kappa shape index (κ3) is 8.67. The van der Waals surface area contributed by atoms with Crippen LogP contribution < -0.4 is 10.6 Å². The van der Waals surface area contributed by atoms with Gasteiger partial charge in [0.05, 0.1) is 24.7 Å². The highest BCUT2D eigenvalue weighted by Crippen LogP contribution is 2.12. The summed E-state index contributed by atoms with van der Waals surface area (Å²) in [6.45, 7) is 5.81. The predicted molar refractivity (Wildman–Crippen MR) is 133 cm³/mol. The number of hydrogen-bond acceptors (Lipinski definition) is 5. The number of aliphatic imine (C=N–C) groups is 1. The van der Waals surface area contributed by atoms with Crippen LogP contribution in [-0.4, -0.2) is 55.2 Å². The molecule has 1 aliphatic heterocycles. The van der Waals surface area contributed by atoms with E-state index in [0.717, 1.165) is 51.4 Å². The molecule has 10 heteroatoms. The van der Waals surface area contributed by atoms with Crippen LogP contribution in [0.4, 0.5) is 10.1 Å². The number of nitro groups is 1. The number of benzene rings is 2. The lowest BCUT2D eigenvalue weighted by atomic mass is 10.2. The molecule has 0 bridgehead atoms. The van der Waals surface area contributed by atoms with Gasteiger partial charge in [0.15, 0.2) is 5.96 Å². The van der Waals surface area contributed by atoms with Crippen LogP contribution in [-0.2, 0) is 17.8 Å². The van der Waals surface area contributed by atoms with E-state index >= 15 is 0 Å². The Morgan fingerprint density at radius 1 is 1.12 bits per heavy atom. The van der Waals surface area contributed by atoms with E-state index < -0.39 is 4.92 Å². The Morgan fingerprint density at radius 2 is 1.84 bits per heavy atom. The fourth-order valence-electron chi connectivity index (χ4n) is 3.22. The van der Waals surface area contributed by atoms with Crippen LogP contribution in [0.25, 0.3) is 0 Å². The van der Waals surface area contributed by atoms with Crippen molar-refractivity contribution in [2.45, 2.75) is 19.5 Å². The van der Waals surface area contributed by atoms with Crippen LogP contribution in [0, 0.1) is 15.9 Å². The van der Waals surface area contributed by atoms with Crippen LogP contribution in [0.2, 0.25) is 0 Å². The van der Waals surface area contributed by atoms with E-state index in [0.29, 0.717) is 24.6 Å². The second kappa shape index (κ2) is 14.0. The van der Waals surface area contributed by atoms with E-state index in [2.05, 4.69) is 20.5 Å². The SMILES string of the molecule is I.O=[N+]([O-])c1ccc(CN=C(NCCCN2CCOCC2)NCc2ccccc2F)cc1. The quantitative estimate of drug-likeness (QED) is 0.123. The van der Waals surface area contributed by atoms with Crippen molar-refractivity contribution in [1.29, 1.82) is 0 Å². The first-order valence-electron chi connectivity index (χ1n) is 10.4. The lowest BCUT2D eigenvalue weighted by molar-refractivity contribution is -0.384. The number of nitrogens with one attached hydrogen (secondary N) is 2. The van der Waals surface area contributed by atoms with Crippen molar-refractivity contribution in [3.05, 3.63) is 75.6 Å². The fourth-order valence-corrected chi connectivity index (χ4v) is 3.22. The zero-order chi connectivity index (χ0) is 21.9. The first-order chi connectivity index (χ1) is 15.1. The summed E-state index contributed by atoms with van der Waals surface area (Å²) < 4.78 is 19.3. The molecule has 1 fully saturated rings. The van der Waals surface area contributed by atoms with Crippen molar-refractivity contribution in [2.24, 2.45) is 4.99 Å². The van der Waals surface area contributed by atoms with Gasteiger partial charge in [-0.2, -0.15) is 0 Å². The lowest BCUT2D eigenvalue weighted by Crippen LogP contribution is -2.40. The molecule has 0 radical (unpaired) electrons. The molecule has 2 aromatic rings. The highest BCUT2D eigenvalue weighted by molar-refractivity contribution is 14.0. The molecule has 2 aromatic carbocycles. The van der Waals surface area contributed by atoms with E-state index in [1.54, 1.807) is 30.3 Å². The number of halogens is 2. The Morgan fingerprint density at radius 3 is 2.53 bits per heavy atom. The predicted octanol–water partition coefficient (Wildman–Crippen LogP) is 3.31. The molecule has 0 atom stereocenters. The monoisotopic (exact) mass is 557 g/mol. The van der Waals surface area contributed by atoms with E-state index in [1.807, 2.05) is 0 Å². The van der Waals surface area contributed by atoms with Gasteiger partial charge in [0.2, 0.25) is 0 Å². The maximum absolute atomic E-state index is 13.9. The van der Waals surface area contributed by atoms with Gasteiger partial charge < -0.3 is 15.4 Å². The standard InChI is InChI=1S/C22H28FN5O3.HI/c23-21-5-2-1-4-19(21)17-26-22(24-10-3-11-27-12-14-31-15-13-27)25-16-18-6-8-20(9-7-18)28(29)30;/h1-2,4-9H,3,10-17H2,(H2,24,25,26);1H. The van der Waals surface area contributed by atoms with Gasteiger partial charge in [0.25, 0.3) is 5.69 Å². The summed E-state index contributed by atoms with van der Waals surface area (Å²) in [5.74, 6) is 0.306. The minimum Gasteiger partial charge on any atom is -0.379 e. The molecule has 1 heterocycles. The molecule has 0 unspecified atom stereocenters. The number of non-ortho nitro benzene ring substituents is 1. The molecular weight excluding hydrogens is 528 g/mol. The molecule has 0 spiro atoms. The van der Waals surface area contributed by atoms with Crippen molar-refractivity contribution in [3.8, 4) is 0 Å². The maximum Gasteiger partial charge on any atom is 0.269 e. The normalized spacial score (nSPS) is 14.5. The van der Waals surface area contributed by atoms with E-state index in [4.69, 9.17) is 4.74 Å². The number of nitrogens with zero attached hydrogens (tertiary/aromatic N) is 3. The summed E-state index contributed by atoms with van der Waals surface area (Å²) in [6.07, 6.45) is 0.942. The first kappa shape index (κ1) is 25.9. The van der Waals surface area contributed by atoms with E-state index in [1.165, 1.54) is 18.2 Å². The van der Waals surface area contributed by atoms with Gasteiger partial charge in [0, 0.05) is 43.9 Å². The topological polar surface area (TPSA) is 92.0 Å². The lowest BCUT2D eigenvalue weighted by Gasteiger charge is -2.26. The van der Waals surface area contributed by atoms with Gasteiger partial charge in [-0.25, -0.2) is 9.38 Å². The van der Waals surface area contributed by atoms with Crippen molar-refractivity contribution < 1.29 is 14.1 Å². The minimum atomic E-state index is -0.426. The fraction of sp³-hybridized carbons (Fsp3) is 0.409. The average molecular weight is 557 g/mol. The second-order valence-electron chi connectivity index (χ2n) is 7.27.